The van der Waals surface area contributed by atoms with E-state index in [0.29, 0.717) is 5.69 Å². The zero-order valence-electron chi connectivity index (χ0n) is 11.1. The van der Waals surface area contributed by atoms with E-state index in [9.17, 15) is 5.11 Å². The maximum Gasteiger partial charge on any atom is 0.153 e. The fourth-order valence-electron chi connectivity index (χ4n) is 2.91. The average molecular weight is 265 g/mol. The normalized spacial score (nSPS) is 13.8. The molecule has 1 aliphatic rings. The molecule has 3 aromatic rings. The van der Waals surface area contributed by atoms with Crippen molar-refractivity contribution in [3.63, 3.8) is 0 Å². The van der Waals surface area contributed by atoms with Gasteiger partial charge in [-0.3, -0.25) is 0 Å². The molecule has 1 aliphatic carbocycles. The number of benzene rings is 1. The highest BCUT2D eigenvalue weighted by Gasteiger charge is 2.12. The maximum atomic E-state index is 9.31. The summed E-state index contributed by atoms with van der Waals surface area (Å²) in [4.78, 5) is 4.22. The van der Waals surface area contributed by atoms with Crippen molar-refractivity contribution in [1.82, 2.24) is 14.6 Å². The average Bonchev–Trinajstić information content (AvgIpc) is 3.12. The van der Waals surface area contributed by atoms with Gasteiger partial charge in [0.25, 0.3) is 0 Å². The number of aliphatic hydroxyl groups excluding tert-OH is 1. The second-order valence-corrected chi connectivity index (χ2v) is 5.23. The van der Waals surface area contributed by atoms with Crippen LogP contribution in [0.1, 0.15) is 23.2 Å². The van der Waals surface area contributed by atoms with Gasteiger partial charge in [-0.05, 0) is 48.6 Å². The first-order chi connectivity index (χ1) is 9.85. The molecule has 0 saturated heterocycles. The van der Waals surface area contributed by atoms with Crippen LogP contribution in [0.3, 0.4) is 0 Å². The topological polar surface area (TPSA) is 50.4 Å². The minimum Gasteiger partial charge on any atom is -0.390 e. The first-order valence-corrected chi connectivity index (χ1v) is 6.92. The number of fused-ring (bicyclic) bond motifs is 2. The molecular weight excluding hydrogens is 250 g/mol. The van der Waals surface area contributed by atoms with E-state index in [2.05, 4.69) is 28.3 Å². The lowest BCUT2D eigenvalue weighted by Gasteiger charge is -2.06. The highest BCUT2D eigenvalue weighted by atomic mass is 16.3. The lowest BCUT2D eigenvalue weighted by molar-refractivity contribution is 0.274. The van der Waals surface area contributed by atoms with Crippen LogP contribution in [-0.2, 0) is 19.4 Å². The summed E-state index contributed by atoms with van der Waals surface area (Å²) in [6, 6.07) is 10.5. The van der Waals surface area contributed by atoms with Gasteiger partial charge in [-0.15, -0.1) is 0 Å². The number of rotatable bonds is 2. The first kappa shape index (κ1) is 11.6. The lowest BCUT2D eigenvalue weighted by atomic mass is 10.0. The van der Waals surface area contributed by atoms with Gasteiger partial charge >= 0.3 is 0 Å². The van der Waals surface area contributed by atoms with Crippen LogP contribution in [0.5, 0.6) is 0 Å². The number of imidazole rings is 1. The minimum absolute atomic E-state index is 0.0538. The van der Waals surface area contributed by atoms with E-state index >= 15 is 0 Å². The first-order valence-electron chi connectivity index (χ1n) is 6.92. The molecule has 0 aliphatic heterocycles. The fourth-order valence-corrected chi connectivity index (χ4v) is 2.91. The molecule has 4 heteroatoms. The van der Waals surface area contributed by atoms with Gasteiger partial charge in [0.15, 0.2) is 5.65 Å². The molecule has 20 heavy (non-hydrogen) atoms. The van der Waals surface area contributed by atoms with Crippen molar-refractivity contribution < 1.29 is 5.11 Å². The Kier molecular flexibility index (Phi) is 2.57. The number of nitrogens with zero attached hydrogens (tertiary/aromatic N) is 3. The van der Waals surface area contributed by atoms with Crippen molar-refractivity contribution in [2.45, 2.75) is 25.9 Å². The zero-order chi connectivity index (χ0) is 13.5. The Morgan fingerprint density at radius 1 is 1.10 bits per heavy atom. The second-order valence-electron chi connectivity index (χ2n) is 5.23. The van der Waals surface area contributed by atoms with Gasteiger partial charge in [-0.2, -0.15) is 5.10 Å². The van der Waals surface area contributed by atoms with Gasteiger partial charge in [0, 0.05) is 5.56 Å². The highest BCUT2D eigenvalue weighted by Crippen LogP contribution is 2.27. The standard InChI is InChI=1S/C16H15N3O/c20-10-14-9-17-16-7-6-15(18-19(14)16)13-5-4-11-2-1-3-12(11)8-13/h4-9,20H,1-3,10H2. The second kappa shape index (κ2) is 4.42. The van der Waals surface area contributed by atoms with Crippen LogP contribution in [0, 0.1) is 0 Å². The third-order valence-corrected chi connectivity index (χ3v) is 3.99. The monoisotopic (exact) mass is 265 g/mol. The van der Waals surface area contributed by atoms with Crippen LogP contribution >= 0.6 is 0 Å². The molecule has 1 N–H and O–H groups in total. The number of aliphatic hydroxyl groups is 1. The van der Waals surface area contributed by atoms with E-state index in [1.54, 1.807) is 10.7 Å². The number of hydrogen-bond donors (Lipinski definition) is 1. The molecule has 100 valence electrons. The Hall–Kier alpha value is -2.20. The highest BCUT2D eigenvalue weighted by molar-refractivity contribution is 5.62. The van der Waals surface area contributed by atoms with E-state index in [1.165, 1.54) is 30.4 Å². The Morgan fingerprint density at radius 3 is 2.90 bits per heavy atom. The fraction of sp³-hybridized carbons (Fsp3) is 0.250. The molecule has 0 unspecified atom stereocenters. The summed E-state index contributed by atoms with van der Waals surface area (Å²) in [5.41, 5.74) is 6.43. The summed E-state index contributed by atoms with van der Waals surface area (Å²) in [6.45, 7) is -0.0538. The van der Waals surface area contributed by atoms with Gasteiger partial charge in [-0.25, -0.2) is 9.50 Å². The van der Waals surface area contributed by atoms with E-state index in [-0.39, 0.29) is 6.61 Å². The Morgan fingerprint density at radius 2 is 2.00 bits per heavy atom. The summed E-state index contributed by atoms with van der Waals surface area (Å²) >= 11 is 0. The number of aryl methyl sites for hydroxylation is 2. The predicted octanol–water partition coefficient (Wildman–Crippen LogP) is 2.38. The molecule has 1 aromatic carbocycles. The van der Waals surface area contributed by atoms with Gasteiger partial charge in [0.1, 0.15) is 0 Å². The van der Waals surface area contributed by atoms with Crippen molar-refractivity contribution in [3.8, 4) is 11.3 Å². The summed E-state index contributed by atoms with van der Waals surface area (Å²) in [6.07, 6.45) is 5.27. The van der Waals surface area contributed by atoms with E-state index in [0.717, 1.165) is 16.9 Å². The smallest absolute Gasteiger partial charge is 0.153 e. The van der Waals surface area contributed by atoms with Gasteiger partial charge in [0.2, 0.25) is 0 Å². The molecule has 0 atom stereocenters. The zero-order valence-corrected chi connectivity index (χ0v) is 11.1. The van der Waals surface area contributed by atoms with Crippen LogP contribution in [0.4, 0.5) is 0 Å². The molecule has 0 spiro atoms. The van der Waals surface area contributed by atoms with Crippen molar-refractivity contribution in [3.05, 3.63) is 53.3 Å². The van der Waals surface area contributed by atoms with E-state index in [1.807, 2.05) is 12.1 Å². The largest absolute Gasteiger partial charge is 0.390 e. The molecule has 0 saturated carbocycles. The lowest BCUT2D eigenvalue weighted by Crippen LogP contribution is -1.99. The van der Waals surface area contributed by atoms with Crippen LogP contribution in [-0.4, -0.2) is 19.7 Å². The van der Waals surface area contributed by atoms with E-state index in [4.69, 9.17) is 0 Å². The molecule has 2 aromatic heterocycles. The molecule has 2 heterocycles. The molecule has 0 radical (unpaired) electrons. The Labute approximate surface area is 116 Å². The SMILES string of the molecule is OCc1cnc2ccc(-c3ccc4c(c3)CCC4)nn12. The Balaban J connectivity index is 1.85. The quantitative estimate of drug-likeness (QED) is 0.774. The van der Waals surface area contributed by atoms with Gasteiger partial charge < -0.3 is 5.11 Å². The molecule has 0 fully saturated rings. The van der Waals surface area contributed by atoms with Crippen LogP contribution < -0.4 is 0 Å². The van der Waals surface area contributed by atoms with E-state index < -0.39 is 0 Å². The van der Waals surface area contributed by atoms with Gasteiger partial charge in [0.05, 0.1) is 24.2 Å². The number of hydrogen-bond acceptors (Lipinski definition) is 3. The molecule has 4 nitrogen and oxygen atoms in total. The summed E-state index contributed by atoms with van der Waals surface area (Å²) < 4.78 is 1.71. The molecular formula is C16H15N3O. The summed E-state index contributed by atoms with van der Waals surface area (Å²) in [5, 5.41) is 13.9. The van der Waals surface area contributed by atoms with Crippen molar-refractivity contribution in [2.75, 3.05) is 0 Å². The molecule has 4 rings (SSSR count). The number of aromatic nitrogens is 3. The van der Waals surface area contributed by atoms with Crippen molar-refractivity contribution >= 4 is 5.65 Å². The van der Waals surface area contributed by atoms with Crippen molar-refractivity contribution in [2.24, 2.45) is 0 Å². The van der Waals surface area contributed by atoms with Crippen molar-refractivity contribution in [1.29, 1.82) is 0 Å². The molecule has 0 bridgehead atoms. The van der Waals surface area contributed by atoms with Crippen LogP contribution in [0.25, 0.3) is 16.9 Å². The summed E-state index contributed by atoms with van der Waals surface area (Å²) in [5.74, 6) is 0. The maximum absolute atomic E-state index is 9.31. The molecule has 0 amide bonds. The Bertz CT molecular complexity index is 792. The van der Waals surface area contributed by atoms with Crippen LogP contribution in [0.15, 0.2) is 36.5 Å². The predicted molar refractivity (Wildman–Crippen MR) is 76.4 cm³/mol. The summed E-state index contributed by atoms with van der Waals surface area (Å²) in [7, 11) is 0. The minimum atomic E-state index is -0.0538. The van der Waals surface area contributed by atoms with Gasteiger partial charge in [-0.1, -0.05) is 12.1 Å². The third-order valence-electron chi connectivity index (χ3n) is 3.99. The van der Waals surface area contributed by atoms with Crippen LogP contribution in [0.2, 0.25) is 0 Å². The third kappa shape index (κ3) is 1.72.